The summed E-state index contributed by atoms with van der Waals surface area (Å²) in [6.45, 7) is 7.56. The van der Waals surface area contributed by atoms with Gasteiger partial charge in [0.25, 0.3) is 0 Å². The van der Waals surface area contributed by atoms with E-state index in [4.69, 9.17) is 9.47 Å². The quantitative estimate of drug-likeness (QED) is 0.293. The second kappa shape index (κ2) is 24.4. The molecule has 0 aliphatic carbocycles. The van der Waals surface area contributed by atoms with Gasteiger partial charge in [0.2, 0.25) is 0 Å². The minimum atomic E-state index is -0.362. The van der Waals surface area contributed by atoms with E-state index in [-0.39, 0.29) is 41.6 Å². The molecule has 0 amide bonds. The van der Waals surface area contributed by atoms with Gasteiger partial charge in [-0.15, -0.1) is 0 Å². The summed E-state index contributed by atoms with van der Waals surface area (Å²) in [5, 5.41) is 0. The van der Waals surface area contributed by atoms with Crippen molar-refractivity contribution in [2.24, 2.45) is 0 Å². The number of rotatable bonds is 11. The van der Waals surface area contributed by atoms with Gasteiger partial charge < -0.3 is 9.47 Å². The van der Waals surface area contributed by atoms with Crippen LogP contribution in [0.5, 0.6) is 0 Å². The van der Waals surface area contributed by atoms with Crippen LogP contribution in [0.3, 0.4) is 0 Å². The molecule has 0 aliphatic heterocycles. The van der Waals surface area contributed by atoms with Gasteiger partial charge in [-0.25, -0.2) is 9.59 Å². The lowest BCUT2D eigenvalue weighted by Gasteiger charge is -2.03. The fourth-order valence-electron chi connectivity index (χ4n) is 1.37. The molecule has 0 N–H and O–H groups in total. The van der Waals surface area contributed by atoms with E-state index in [1.165, 1.54) is 12.2 Å². The fourth-order valence-corrected chi connectivity index (χ4v) is 1.37. The Hall–Kier alpha value is -1.58. The number of carbonyl (C=O) groups excluding carboxylic acids is 2. The molecule has 0 aromatic heterocycles. The molecule has 22 heavy (non-hydrogen) atoms. The van der Waals surface area contributed by atoms with E-state index in [0.717, 1.165) is 38.5 Å². The second-order valence-corrected chi connectivity index (χ2v) is 3.86. The van der Waals surface area contributed by atoms with Gasteiger partial charge in [0.05, 0.1) is 13.2 Å². The molecule has 134 valence electrons. The van der Waals surface area contributed by atoms with Crippen molar-refractivity contribution in [2.45, 2.75) is 68.2 Å². The van der Waals surface area contributed by atoms with E-state index < -0.39 is 0 Å². The van der Waals surface area contributed by atoms with Crippen molar-refractivity contribution >= 4 is 11.9 Å². The number of hydrogen-bond donors (Lipinski definition) is 0. The summed E-state index contributed by atoms with van der Waals surface area (Å²) in [6.07, 6.45) is 8.38. The maximum atomic E-state index is 10.7. The molecule has 0 aromatic carbocycles. The first-order valence-electron chi connectivity index (χ1n) is 6.29. The van der Waals surface area contributed by atoms with Crippen LogP contribution in [0.2, 0.25) is 0 Å². The van der Waals surface area contributed by atoms with E-state index in [9.17, 15) is 9.59 Å². The van der Waals surface area contributed by atoms with Crippen LogP contribution in [-0.4, -0.2) is 25.2 Å². The second-order valence-electron chi connectivity index (χ2n) is 3.86. The molecule has 0 rings (SSSR count). The summed E-state index contributed by atoms with van der Waals surface area (Å²) in [6, 6.07) is 0. The van der Waals surface area contributed by atoms with Gasteiger partial charge in [0.1, 0.15) is 0 Å². The Morgan fingerprint density at radius 1 is 0.636 bits per heavy atom. The van der Waals surface area contributed by atoms with Crippen molar-refractivity contribution in [3.63, 3.8) is 0 Å². The third-order valence-corrected chi connectivity index (χ3v) is 2.36. The largest absolute Gasteiger partial charge is 0.463 e. The zero-order valence-electron chi connectivity index (χ0n) is 10.9. The highest BCUT2D eigenvalue weighted by Crippen LogP contribution is 2.05. The standard InChI is InChI=1S/C14H22O4.4CH4/c1-3-13(15)17-11-9-7-5-6-8-10-12-18-14(16)4-2;;;;/h3-4H,1-2,5-12H2;4*1H4. The summed E-state index contributed by atoms with van der Waals surface area (Å²) in [5.41, 5.74) is 0. The Bertz CT molecular complexity index is 244. The molecule has 4 nitrogen and oxygen atoms in total. The van der Waals surface area contributed by atoms with Crippen LogP contribution in [0.25, 0.3) is 0 Å². The monoisotopic (exact) mass is 318 g/mol. The molecular weight excluding hydrogens is 280 g/mol. The van der Waals surface area contributed by atoms with Crippen LogP contribution in [0.1, 0.15) is 68.2 Å². The Kier molecular flexibility index (Phi) is 36.0. The first-order valence-corrected chi connectivity index (χ1v) is 6.29. The highest BCUT2D eigenvalue weighted by Gasteiger charge is 1.97. The molecule has 0 saturated carbocycles. The Labute approximate surface area is 138 Å². The molecule has 0 heterocycles. The SMILES string of the molecule is C.C.C.C.C=CC(=O)OCCCCCCCCOC(=O)C=C. The predicted molar refractivity (Wildman–Crippen MR) is 96.9 cm³/mol. The highest BCUT2D eigenvalue weighted by atomic mass is 16.5. The first-order chi connectivity index (χ1) is 8.70. The fraction of sp³-hybridized carbons (Fsp3) is 0.667. The topological polar surface area (TPSA) is 52.6 Å². The van der Waals surface area contributed by atoms with Gasteiger partial charge in [-0.05, 0) is 12.8 Å². The number of unbranched alkanes of at least 4 members (excludes halogenated alkanes) is 5. The lowest BCUT2D eigenvalue weighted by Crippen LogP contribution is -2.02. The number of carbonyl (C=O) groups is 2. The van der Waals surface area contributed by atoms with Crippen LogP contribution in [0, 0.1) is 0 Å². The molecule has 0 atom stereocenters. The average Bonchev–Trinajstić information content (AvgIpc) is 2.40. The zero-order valence-corrected chi connectivity index (χ0v) is 10.9. The molecule has 0 spiro atoms. The van der Waals surface area contributed by atoms with Crippen LogP contribution in [-0.2, 0) is 19.1 Å². The molecular formula is C18H38O4. The number of esters is 2. The van der Waals surface area contributed by atoms with Crippen molar-refractivity contribution < 1.29 is 19.1 Å². The number of hydrogen-bond acceptors (Lipinski definition) is 4. The predicted octanol–water partition coefficient (Wildman–Crippen LogP) is 5.33. The highest BCUT2D eigenvalue weighted by molar-refractivity contribution is 5.81. The molecule has 0 aliphatic rings. The van der Waals surface area contributed by atoms with Gasteiger partial charge in [0, 0.05) is 12.2 Å². The van der Waals surface area contributed by atoms with Crippen molar-refractivity contribution in [3.05, 3.63) is 25.3 Å². The smallest absolute Gasteiger partial charge is 0.330 e. The molecule has 0 bridgehead atoms. The van der Waals surface area contributed by atoms with Crippen molar-refractivity contribution in [1.29, 1.82) is 0 Å². The minimum absolute atomic E-state index is 0. The molecule has 0 fully saturated rings. The maximum absolute atomic E-state index is 10.7. The van der Waals surface area contributed by atoms with E-state index in [1.807, 2.05) is 0 Å². The van der Waals surface area contributed by atoms with Gasteiger partial charge in [-0.1, -0.05) is 68.5 Å². The minimum Gasteiger partial charge on any atom is -0.463 e. The molecule has 0 radical (unpaired) electrons. The zero-order chi connectivity index (χ0) is 13.6. The average molecular weight is 318 g/mol. The van der Waals surface area contributed by atoms with Gasteiger partial charge in [-0.3, -0.25) is 0 Å². The molecule has 0 aromatic rings. The van der Waals surface area contributed by atoms with Crippen LogP contribution < -0.4 is 0 Å². The van der Waals surface area contributed by atoms with Crippen LogP contribution in [0.4, 0.5) is 0 Å². The Balaban J connectivity index is -0.000000241. The molecule has 0 unspecified atom stereocenters. The van der Waals surface area contributed by atoms with Crippen LogP contribution in [0.15, 0.2) is 25.3 Å². The van der Waals surface area contributed by atoms with Crippen molar-refractivity contribution in [2.75, 3.05) is 13.2 Å². The summed E-state index contributed by atoms with van der Waals surface area (Å²) >= 11 is 0. The summed E-state index contributed by atoms with van der Waals surface area (Å²) in [5.74, 6) is -0.724. The maximum Gasteiger partial charge on any atom is 0.330 e. The Morgan fingerprint density at radius 3 is 1.18 bits per heavy atom. The van der Waals surface area contributed by atoms with Crippen molar-refractivity contribution in [3.8, 4) is 0 Å². The van der Waals surface area contributed by atoms with Gasteiger partial charge in [-0.2, -0.15) is 0 Å². The van der Waals surface area contributed by atoms with Gasteiger partial charge >= 0.3 is 11.9 Å². The van der Waals surface area contributed by atoms with E-state index in [2.05, 4.69) is 13.2 Å². The molecule has 0 saturated heterocycles. The summed E-state index contributed by atoms with van der Waals surface area (Å²) in [7, 11) is 0. The normalized spacial score (nSPS) is 7.82. The Morgan fingerprint density at radius 2 is 0.909 bits per heavy atom. The third-order valence-electron chi connectivity index (χ3n) is 2.36. The van der Waals surface area contributed by atoms with Crippen molar-refractivity contribution in [1.82, 2.24) is 0 Å². The lowest BCUT2D eigenvalue weighted by atomic mass is 10.1. The summed E-state index contributed by atoms with van der Waals surface area (Å²) < 4.78 is 9.70. The van der Waals surface area contributed by atoms with Crippen LogP contribution >= 0.6 is 0 Å². The summed E-state index contributed by atoms with van der Waals surface area (Å²) in [4.78, 5) is 21.4. The number of ether oxygens (including phenoxy) is 2. The van der Waals surface area contributed by atoms with E-state index >= 15 is 0 Å². The van der Waals surface area contributed by atoms with E-state index in [1.54, 1.807) is 0 Å². The van der Waals surface area contributed by atoms with E-state index in [0.29, 0.717) is 13.2 Å². The first kappa shape index (κ1) is 32.4. The molecule has 4 heteroatoms. The lowest BCUT2D eigenvalue weighted by molar-refractivity contribution is -0.138. The van der Waals surface area contributed by atoms with Gasteiger partial charge in [0.15, 0.2) is 0 Å². The third kappa shape index (κ3) is 23.5.